The van der Waals surface area contributed by atoms with Gasteiger partial charge in [-0.3, -0.25) is 4.79 Å². The molecule has 7 nitrogen and oxygen atoms in total. The highest BCUT2D eigenvalue weighted by atomic mass is 16.5. The fourth-order valence-electron chi connectivity index (χ4n) is 1.98. The van der Waals surface area contributed by atoms with Gasteiger partial charge in [0, 0.05) is 25.9 Å². The van der Waals surface area contributed by atoms with Crippen LogP contribution in [0.3, 0.4) is 0 Å². The number of ether oxygens (including phenoxy) is 2. The van der Waals surface area contributed by atoms with Crippen LogP contribution in [-0.4, -0.2) is 43.0 Å². The average Bonchev–Trinajstić information content (AvgIpc) is 2.61. The first-order valence-corrected chi connectivity index (χ1v) is 7.83. The molecule has 2 rings (SSSR count). The maximum Gasteiger partial charge on any atom is 0.276 e. The third kappa shape index (κ3) is 5.51. The van der Waals surface area contributed by atoms with Crippen LogP contribution < -0.4 is 15.4 Å². The number of benzene rings is 1. The number of anilines is 2. The van der Waals surface area contributed by atoms with E-state index in [1.165, 1.54) is 0 Å². The Morgan fingerprint density at radius 3 is 2.54 bits per heavy atom. The van der Waals surface area contributed by atoms with Crippen LogP contribution >= 0.6 is 0 Å². The molecule has 1 heterocycles. The molecule has 2 aromatic rings. The minimum absolute atomic E-state index is 0.256. The van der Waals surface area contributed by atoms with Gasteiger partial charge in [0.2, 0.25) is 0 Å². The van der Waals surface area contributed by atoms with Gasteiger partial charge < -0.3 is 20.1 Å². The molecule has 0 aliphatic rings. The standard InChI is InChI=1S/C17H22N4O3/c1-3-24-14-7-5-13(6-8-14)19-17(22)15-9-10-16(21-20-15)18-11-4-12-23-2/h5-10H,3-4,11-12H2,1-2H3,(H,18,21)(H,19,22). The Morgan fingerprint density at radius 2 is 1.92 bits per heavy atom. The number of nitrogens with zero attached hydrogens (tertiary/aromatic N) is 2. The van der Waals surface area contributed by atoms with Crippen molar-refractivity contribution < 1.29 is 14.3 Å². The van der Waals surface area contributed by atoms with Crippen LogP contribution in [0.25, 0.3) is 0 Å². The fraction of sp³-hybridized carbons (Fsp3) is 0.353. The summed E-state index contributed by atoms with van der Waals surface area (Å²) in [5, 5.41) is 13.8. The zero-order valence-electron chi connectivity index (χ0n) is 13.9. The Hall–Kier alpha value is -2.67. The van der Waals surface area contributed by atoms with Gasteiger partial charge in [-0.05, 0) is 49.7 Å². The second kappa shape index (κ2) is 9.46. The number of amides is 1. The van der Waals surface area contributed by atoms with Crippen molar-refractivity contribution in [3.8, 4) is 5.75 Å². The summed E-state index contributed by atoms with van der Waals surface area (Å²) in [7, 11) is 1.66. The van der Waals surface area contributed by atoms with Gasteiger partial charge in [-0.1, -0.05) is 0 Å². The summed E-state index contributed by atoms with van der Waals surface area (Å²) in [5.74, 6) is 1.08. The highest BCUT2D eigenvalue weighted by Gasteiger charge is 2.08. The molecule has 1 aromatic heterocycles. The van der Waals surface area contributed by atoms with Gasteiger partial charge in [0.05, 0.1) is 6.61 Å². The molecule has 0 atom stereocenters. The lowest BCUT2D eigenvalue weighted by Crippen LogP contribution is -2.15. The van der Waals surface area contributed by atoms with E-state index in [2.05, 4.69) is 20.8 Å². The summed E-state index contributed by atoms with van der Waals surface area (Å²) in [5.41, 5.74) is 0.929. The lowest BCUT2D eigenvalue weighted by Gasteiger charge is -2.07. The molecule has 128 valence electrons. The predicted molar refractivity (Wildman–Crippen MR) is 92.6 cm³/mol. The van der Waals surface area contributed by atoms with E-state index in [4.69, 9.17) is 9.47 Å². The Labute approximate surface area is 141 Å². The molecule has 0 saturated heterocycles. The highest BCUT2D eigenvalue weighted by molar-refractivity contribution is 6.02. The first-order chi connectivity index (χ1) is 11.7. The normalized spacial score (nSPS) is 10.2. The Balaban J connectivity index is 1.87. The monoisotopic (exact) mass is 330 g/mol. The number of hydrogen-bond donors (Lipinski definition) is 2. The summed E-state index contributed by atoms with van der Waals surface area (Å²) >= 11 is 0. The van der Waals surface area contributed by atoms with Crippen molar-refractivity contribution in [1.29, 1.82) is 0 Å². The van der Waals surface area contributed by atoms with Crippen molar-refractivity contribution in [2.45, 2.75) is 13.3 Å². The second-order valence-corrected chi connectivity index (χ2v) is 4.99. The van der Waals surface area contributed by atoms with E-state index >= 15 is 0 Å². The molecule has 0 saturated carbocycles. The van der Waals surface area contributed by atoms with Gasteiger partial charge in [0.1, 0.15) is 11.6 Å². The summed E-state index contributed by atoms with van der Waals surface area (Å²) in [6.45, 7) is 3.95. The highest BCUT2D eigenvalue weighted by Crippen LogP contribution is 2.16. The van der Waals surface area contributed by atoms with Gasteiger partial charge >= 0.3 is 0 Å². The molecule has 1 aromatic carbocycles. The van der Waals surface area contributed by atoms with E-state index in [0.717, 1.165) is 18.7 Å². The minimum Gasteiger partial charge on any atom is -0.494 e. The van der Waals surface area contributed by atoms with Gasteiger partial charge in [0.25, 0.3) is 5.91 Å². The van der Waals surface area contributed by atoms with E-state index in [9.17, 15) is 4.79 Å². The minimum atomic E-state index is -0.308. The number of nitrogens with one attached hydrogen (secondary N) is 2. The zero-order valence-corrected chi connectivity index (χ0v) is 13.9. The molecule has 0 radical (unpaired) electrons. The predicted octanol–water partition coefficient (Wildman–Crippen LogP) is 2.58. The van der Waals surface area contributed by atoms with Crippen LogP contribution in [0, 0.1) is 0 Å². The topological polar surface area (TPSA) is 85.4 Å². The molecular weight excluding hydrogens is 308 g/mol. The molecule has 0 unspecified atom stereocenters. The largest absolute Gasteiger partial charge is 0.494 e. The summed E-state index contributed by atoms with van der Waals surface area (Å²) < 4.78 is 10.3. The maximum atomic E-state index is 12.2. The Kier molecular flexibility index (Phi) is 6.97. The smallest absolute Gasteiger partial charge is 0.276 e. The molecule has 0 aliphatic carbocycles. The maximum absolute atomic E-state index is 12.2. The molecule has 0 aliphatic heterocycles. The van der Waals surface area contributed by atoms with Crippen molar-refractivity contribution in [2.24, 2.45) is 0 Å². The van der Waals surface area contributed by atoms with E-state index < -0.39 is 0 Å². The molecule has 1 amide bonds. The zero-order chi connectivity index (χ0) is 17.2. The lowest BCUT2D eigenvalue weighted by molar-refractivity contribution is 0.102. The first-order valence-electron chi connectivity index (χ1n) is 7.83. The van der Waals surface area contributed by atoms with E-state index in [1.54, 1.807) is 43.5 Å². The van der Waals surface area contributed by atoms with Crippen molar-refractivity contribution in [3.63, 3.8) is 0 Å². The molecule has 7 heteroatoms. The molecule has 0 bridgehead atoms. The quantitative estimate of drug-likeness (QED) is 0.687. The molecule has 0 spiro atoms. The second-order valence-electron chi connectivity index (χ2n) is 4.99. The summed E-state index contributed by atoms with van der Waals surface area (Å²) in [6.07, 6.45) is 0.873. The van der Waals surface area contributed by atoms with Crippen LogP contribution in [0.5, 0.6) is 5.75 Å². The number of carbonyl (C=O) groups excluding carboxylic acids is 1. The molecule has 2 N–H and O–H groups in total. The summed E-state index contributed by atoms with van der Waals surface area (Å²) in [6, 6.07) is 10.5. The van der Waals surface area contributed by atoms with Gasteiger partial charge in [-0.2, -0.15) is 0 Å². The van der Waals surface area contributed by atoms with E-state index in [0.29, 0.717) is 24.7 Å². The van der Waals surface area contributed by atoms with Crippen molar-refractivity contribution in [2.75, 3.05) is 37.5 Å². The van der Waals surface area contributed by atoms with E-state index in [-0.39, 0.29) is 11.6 Å². The first kappa shape index (κ1) is 17.7. The van der Waals surface area contributed by atoms with Crippen LogP contribution in [-0.2, 0) is 4.74 Å². The number of aromatic nitrogens is 2. The third-order valence-electron chi connectivity index (χ3n) is 3.15. The summed E-state index contributed by atoms with van der Waals surface area (Å²) in [4.78, 5) is 12.2. The molecule has 24 heavy (non-hydrogen) atoms. The van der Waals surface area contributed by atoms with Crippen LogP contribution in [0.15, 0.2) is 36.4 Å². The molecular formula is C17H22N4O3. The van der Waals surface area contributed by atoms with Crippen molar-refractivity contribution in [3.05, 3.63) is 42.1 Å². The SMILES string of the molecule is CCOc1ccc(NC(=O)c2ccc(NCCCOC)nn2)cc1. The Bertz CT molecular complexity index is 629. The van der Waals surface area contributed by atoms with Gasteiger partial charge in [-0.15, -0.1) is 10.2 Å². The number of rotatable bonds is 9. The average molecular weight is 330 g/mol. The van der Waals surface area contributed by atoms with Gasteiger partial charge in [-0.25, -0.2) is 0 Å². The van der Waals surface area contributed by atoms with Gasteiger partial charge in [0.15, 0.2) is 5.69 Å². The lowest BCUT2D eigenvalue weighted by atomic mass is 10.3. The number of carbonyl (C=O) groups is 1. The number of methoxy groups -OCH3 is 1. The Morgan fingerprint density at radius 1 is 1.12 bits per heavy atom. The van der Waals surface area contributed by atoms with Crippen LogP contribution in [0.2, 0.25) is 0 Å². The number of hydrogen-bond acceptors (Lipinski definition) is 6. The van der Waals surface area contributed by atoms with Crippen LogP contribution in [0.1, 0.15) is 23.8 Å². The van der Waals surface area contributed by atoms with E-state index in [1.807, 2.05) is 6.92 Å². The third-order valence-corrected chi connectivity index (χ3v) is 3.15. The van der Waals surface area contributed by atoms with Crippen molar-refractivity contribution >= 4 is 17.4 Å². The fourth-order valence-corrected chi connectivity index (χ4v) is 1.98. The van der Waals surface area contributed by atoms with Crippen LogP contribution in [0.4, 0.5) is 11.5 Å². The molecule has 0 fully saturated rings. The van der Waals surface area contributed by atoms with Crippen molar-refractivity contribution in [1.82, 2.24) is 10.2 Å².